The van der Waals surface area contributed by atoms with Gasteiger partial charge in [-0.25, -0.2) is 0 Å². The van der Waals surface area contributed by atoms with Crippen LogP contribution in [0.1, 0.15) is 19.8 Å². The standard InChI is InChI=1S/C10H13O2P/c1-10-5-3-2-4-8(10)12-9(13)6-7(10)11/h2-4,9H,5-6,13H2,1H3. The molecule has 3 heteroatoms. The van der Waals surface area contributed by atoms with Crippen LogP contribution in [0, 0.1) is 5.41 Å². The second-order valence-electron chi connectivity index (χ2n) is 3.78. The van der Waals surface area contributed by atoms with Crippen LogP contribution in [0.2, 0.25) is 0 Å². The third kappa shape index (κ3) is 1.34. The molecule has 70 valence electrons. The van der Waals surface area contributed by atoms with Gasteiger partial charge in [0.1, 0.15) is 11.6 Å². The van der Waals surface area contributed by atoms with Crippen LogP contribution in [0.3, 0.4) is 0 Å². The summed E-state index contributed by atoms with van der Waals surface area (Å²) in [6.07, 6.45) is 7.15. The van der Waals surface area contributed by atoms with Gasteiger partial charge in [-0.1, -0.05) is 21.4 Å². The lowest BCUT2D eigenvalue weighted by molar-refractivity contribution is -0.133. The Hall–Kier alpha value is -0.620. The first-order chi connectivity index (χ1) is 6.13. The van der Waals surface area contributed by atoms with Gasteiger partial charge < -0.3 is 4.74 Å². The minimum absolute atomic E-state index is 0.0432. The first-order valence-electron chi connectivity index (χ1n) is 4.46. The molecule has 0 radical (unpaired) electrons. The van der Waals surface area contributed by atoms with Gasteiger partial charge in [0.25, 0.3) is 0 Å². The Morgan fingerprint density at radius 3 is 3.23 bits per heavy atom. The lowest BCUT2D eigenvalue weighted by Gasteiger charge is -2.38. The van der Waals surface area contributed by atoms with Gasteiger partial charge in [-0.3, -0.25) is 4.79 Å². The van der Waals surface area contributed by atoms with E-state index in [9.17, 15) is 4.79 Å². The number of Topliss-reactive ketones (excluding diaryl/α,β-unsaturated/α-hetero) is 1. The summed E-state index contributed by atoms with van der Waals surface area (Å²) in [5.74, 6) is 1.07. The molecule has 2 aliphatic rings. The number of hydrogen-bond donors (Lipinski definition) is 0. The van der Waals surface area contributed by atoms with E-state index in [4.69, 9.17) is 4.74 Å². The van der Waals surface area contributed by atoms with Crippen molar-refractivity contribution in [1.29, 1.82) is 0 Å². The maximum absolute atomic E-state index is 11.8. The minimum atomic E-state index is -0.387. The lowest BCUT2D eigenvalue weighted by Crippen LogP contribution is -2.39. The molecule has 1 heterocycles. The minimum Gasteiger partial charge on any atom is -0.489 e. The van der Waals surface area contributed by atoms with Crippen molar-refractivity contribution in [3.05, 3.63) is 24.0 Å². The average molecular weight is 196 g/mol. The van der Waals surface area contributed by atoms with Crippen molar-refractivity contribution in [1.82, 2.24) is 0 Å². The maximum atomic E-state index is 11.8. The van der Waals surface area contributed by atoms with Crippen LogP contribution in [0.25, 0.3) is 0 Å². The number of hydrogen-bond acceptors (Lipinski definition) is 2. The third-order valence-electron chi connectivity index (χ3n) is 2.73. The average Bonchev–Trinajstić information content (AvgIpc) is 2.07. The summed E-state index contributed by atoms with van der Waals surface area (Å²) in [5, 5.41) is 0. The topological polar surface area (TPSA) is 26.3 Å². The highest BCUT2D eigenvalue weighted by molar-refractivity contribution is 7.17. The number of allylic oxidation sites excluding steroid dienone is 4. The molecule has 2 rings (SSSR count). The summed E-state index contributed by atoms with van der Waals surface area (Å²) >= 11 is 0. The summed E-state index contributed by atoms with van der Waals surface area (Å²) in [6, 6.07) is 0. The Morgan fingerprint density at radius 2 is 2.46 bits per heavy atom. The summed E-state index contributed by atoms with van der Waals surface area (Å²) < 4.78 is 5.62. The second kappa shape index (κ2) is 2.95. The van der Waals surface area contributed by atoms with Gasteiger partial charge in [-0.2, -0.15) is 0 Å². The Labute approximate surface area is 80.2 Å². The lowest BCUT2D eigenvalue weighted by atomic mass is 9.75. The molecule has 0 amide bonds. The normalized spacial score (nSPS) is 37.8. The van der Waals surface area contributed by atoms with Crippen molar-refractivity contribution < 1.29 is 9.53 Å². The third-order valence-corrected chi connectivity index (χ3v) is 3.11. The number of ketones is 1. The zero-order valence-corrected chi connectivity index (χ0v) is 8.77. The van der Waals surface area contributed by atoms with E-state index in [0.717, 1.165) is 12.2 Å². The molecular formula is C10H13O2P. The van der Waals surface area contributed by atoms with E-state index >= 15 is 0 Å². The fourth-order valence-corrected chi connectivity index (χ4v) is 2.14. The van der Waals surface area contributed by atoms with Gasteiger partial charge in [-0.15, -0.1) is 0 Å². The number of fused-ring (bicyclic) bond motifs is 1. The molecule has 0 saturated carbocycles. The molecule has 1 aliphatic carbocycles. The van der Waals surface area contributed by atoms with Crippen molar-refractivity contribution in [2.75, 3.05) is 0 Å². The Kier molecular flexibility index (Phi) is 2.03. The molecule has 0 aromatic rings. The quantitative estimate of drug-likeness (QED) is 0.554. The van der Waals surface area contributed by atoms with E-state index in [2.05, 4.69) is 9.24 Å². The van der Waals surface area contributed by atoms with Gasteiger partial charge >= 0.3 is 0 Å². The summed E-state index contributed by atoms with van der Waals surface area (Å²) in [4.78, 5) is 11.8. The van der Waals surface area contributed by atoms with Crippen LogP contribution in [0.5, 0.6) is 0 Å². The molecule has 0 N–H and O–H groups in total. The van der Waals surface area contributed by atoms with Crippen LogP contribution in [-0.2, 0) is 9.53 Å². The zero-order valence-electron chi connectivity index (χ0n) is 7.62. The van der Waals surface area contributed by atoms with Gasteiger partial charge in [0, 0.05) is 6.42 Å². The van der Waals surface area contributed by atoms with E-state index < -0.39 is 0 Å². The van der Waals surface area contributed by atoms with E-state index in [1.54, 1.807) is 0 Å². The Bertz CT molecular complexity index is 306. The van der Waals surface area contributed by atoms with Crippen molar-refractivity contribution in [2.24, 2.45) is 5.41 Å². The Morgan fingerprint density at radius 1 is 1.69 bits per heavy atom. The molecule has 0 aromatic heterocycles. The highest BCUT2D eigenvalue weighted by Crippen LogP contribution is 2.42. The van der Waals surface area contributed by atoms with Crippen LogP contribution < -0.4 is 0 Å². The predicted octanol–water partition coefficient (Wildman–Crippen LogP) is 2.03. The van der Waals surface area contributed by atoms with Gasteiger partial charge in [0.2, 0.25) is 0 Å². The van der Waals surface area contributed by atoms with E-state index in [-0.39, 0.29) is 17.0 Å². The summed E-state index contributed by atoms with van der Waals surface area (Å²) in [7, 11) is 2.55. The highest BCUT2D eigenvalue weighted by Gasteiger charge is 2.43. The fourth-order valence-electron chi connectivity index (χ4n) is 1.78. The maximum Gasteiger partial charge on any atom is 0.150 e. The SMILES string of the molecule is CC12CC=CC=C1OC(P)CC2=O. The number of ether oxygens (including phenoxy) is 1. The molecule has 1 fully saturated rings. The first-order valence-corrected chi connectivity index (χ1v) is 5.12. The molecule has 13 heavy (non-hydrogen) atoms. The first kappa shape index (κ1) is 8.96. The zero-order chi connectivity index (χ0) is 9.47. The molecule has 3 unspecified atom stereocenters. The van der Waals surface area contributed by atoms with Gasteiger partial charge in [-0.05, 0) is 19.4 Å². The molecule has 1 aliphatic heterocycles. The van der Waals surface area contributed by atoms with E-state index in [0.29, 0.717) is 6.42 Å². The summed E-state index contributed by atoms with van der Waals surface area (Å²) in [6.45, 7) is 1.96. The molecule has 0 spiro atoms. The summed E-state index contributed by atoms with van der Waals surface area (Å²) in [5.41, 5.74) is -0.387. The molecule has 1 saturated heterocycles. The van der Waals surface area contributed by atoms with Gasteiger partial charge in [0.15, 0.2) is 5.78 Å². The molecular weight excluding hydrogens is 183 g/mol. The highest BCUT2D eigenvalue weighted by atomic mass is 31.0. The molecule has 0 aromatic carbocycles. The fraction of sp³-hybridized carbons (Fsp3) is 0.500. The van der Waals surface area contributed by atoms with Crippen LogP contribution >= 0.6 is 9.24 Å². The smallest absolute Gasteiger partial charge is 0.150 e. The molecule has 3 atom stereocenters. The van der Waals surface area contributed by atoms with Gasteiger partial charge in [0.05, 0.1) is 5.41 Å². The van der Waals surface area contributed by atoms with E-state index in [1.807, 2.05) is 25.2 Å². The Balaban J connectivity index is 2.37. The monoisotopic (exact) mass is 196 g/mol. The largest absolute Gasteiger partial charge is 0.489 e. The molecule has 0 bridgehead atoms. The van der Waals surface area contributed by atoms with Crippen molar-refractivity contribution in [3.8, 4) is 0 Å². The van der Waals surface area contributed by atoms with Crippen molar-refractivity contribution in [3.63, 3.8) is 0 Å². The van der Waals surface area contributed by atoms with Crippen molar-refractivity contribution in [2.45, 2.75) is 25.6 Å². The van der Waals surface area contributed by atoms with Crippen LogP contribution in [0.4, 0.5) is 0 Å². The van der Waals surface area contributed by atoms with Crippen LogP contribution in [-0.4, -0.2) is 11.6 Å². The number of rotatable bonds is 0. The van der Waals surface area contributed by atoms with Crippen molar-refractivity contribution >= 4 is 15.0 Å². The second-order valence-corrected chi connectivity index (χ2v) is 4.52. The number of carbonyl (C=O) groups is 1. The van der Waals surface area contributed by atoms with E-state index in [1.165, 1.54) is 0 Å². The number of carbonyl (C=O) groups excluding carboxylic acids is 1. The van der Waals surface area contributed by atoms with Crippen LogP contribution in [0.15, 0.2) is 24.0 Å². The predicted molar refractivity (Wildman–Crippen MR) is 54.2 cm³/mol. The molecule has 2 nitrogen and oxygen atoms in total.